The Balaban J connectivity index is 1.34. The molecule has 3 unspecified atom stereocenters. The molecule has 1 spiro atoms. The topological polar surface area (TPSA) is 289 Å². The smallest absolute Gasteiger partial charge is 0.382 e. The highest BCUT2D eigenvalue weighted by molar-refractivity contribution is 6.21. The fraction of sp³-hybridized carbons (Fsp3) is 0.818. The minimum absolute atomic E-state index is 0.0273. The monoisotopic (exact) mass is 1590 g/mol. The zero-order valence-electron chi connectivity index (χ0n) is 66.8. The Kier molecular flexibility index (Phi) is 31.9. The van der Waals surface area contributed by atoms with Gasteiger partial charge in [-0.25, -0.2) is 0 Å². The highest BCUT2D eigenvalue weighted by Crippen LogP contribution is 2.50. The molecule has 2 bridgehead atoms. The highest BCUT2D eigenvalue weighted by Gasteiger charge is 2.60. The number of fused-ring (bicyclic) bond motifs is 3. The summed E-state index contributed by atoms with van der Waals surface area (Å²) < 4.78 is 96.6. The minimum atomic E-state index is -4.58. The fourth-order valence-corrected chi connectivity index (χ4v) is 18.4. The summed E-state index contributed by atoms with van der Waals surface area (Å²) in [5.74, 6) is -14.7. The van der Waals surface area contributed by atoms with Gasteiger partial charge < -0.3 is 69.5 Å². The van der Waals surface area contributed by atoms with Gasteiger partial charge >= 0.3 is 12.4 Å². The largest absolute Gasteiger partial charge is 0.393 e. The zero-order valence-corrected chi connectivity index (χ0v) is 67.5. The van der Waals surface area contributed by atoms with E-state index in [1.54, 1.807) is 37.8 Å². The predicted molar refractivity (Wildman–Crippen MR) is 396 cm³/mol. The Morgan fingerprint density at radius 2 is 1.27 bits per heavy atom. The Morgan fingerprint density at radius 3 is 1.85 bits per heavy atom. The molecular formula is C77H121ClF6N12O14. The summed E-state index contributed by atoms with van der Waals surface area (Å²) in [5.41, 5.74) is -2.30. The van der Waals surface area contributed by atoms with Crippen molar-refractivity contribution in [2.45, 2.75) is 261 Å². The van der Waals surface area contributed by atoms with Crippen LogP contribution < -0.4 is 16.0 Å². The Labute approximate surface area is 649 Å². The van der Waals surface area contributed by atoms with Crippen molar-refractivity contribution in [3.8, 4) is 0 Å². The molecule has 0 aromatic carbocycles. The van der Waals surface area contributed by atoms with E-state index >= 15 is 33.6 Å². The predicted octanol–water partition coefficient (Wildman–Crippen LogP) is 6.69. The van der Waals surface area contributed by atoms with Crippen LogP contribution in [0.3, 0.4) is 0 Å². The Hall–Kier alpha value is -6.83. The van der Waals surface area contributed by atoms with Gasteiger partial charge in [0, 0.05) is 94.0 Å². The van der Waals surface area contributed by atoms with Crippen LogP contribution >= 0.6 is 11.6 Å². The van der Waals surface area contributed by atoms with Crippen molar-refractivity contribution in [2.75, 3.05) is 102 Å². The molecule has 26 nitrogen and oxygen atoms in total. The summed E-state index contributed by atoms with van der Waals surface area (Å²) in [6.45, 7) is 11.2. The van der Waals surface area contributed by atoms with Gasteiger partial charge in [-0.15, -0.1) is 11.6 Å². The number of hydrogen-bond donors (Lipinski definition) is 3. The second kappa shape index (κ2) is 38.8. The lowest BCUT2D eigenvalue weighted by Gasteiger charge is -2.54. The summed E-state index contributed by atoms with van der Waals surface area (Å²) in [5, 5.41) is 7.31. The molecule has 13 atom stereocenters. The van der Waals surface area contributed by atoms with Gasteiger partial charge in [0.15, 0.2) is 0 Å². The Morgan fingerprint density at radius 1 is 0.645 bits per heavy atom. The number of hydrogen-bond acceptors (Lipinski definition) is 14. The average Bonchev–Trinajstić information content (AvgIpc) is 0.949. The molecular weight excluding hydrogens is 1470 g/mol. The van der Waals surface area contributed by atoms with Crippen LogP contribution in [0.4, 0.5) is 26.3 Å². The zero-order chi connectivity index (χ0) is 81.8. The molecule has 110 heavy (non-hydrogen) atoms. The van der Waals surface area contributed by atoms with E-state index in [2.05, 4.69) is 16.0 Å². The van der Waals surface area contributed by atoms with Gasteiger partial charge in [-0.2, -0.15) is 26.3 Å². The van der Waals surface area contributed by atoms with Crippen LogP contribution in [-0.2, 0) is 67.0 Å². The van der Waals surface area contributed by atoms with Crippen LogP contribution in [0.15, 0.2) is 12.2 Å². The first-order valence-corrected chi connectivity index (χ1v) is 39.9. The molecule has 6 fully saturated rings. The normalized spacial score (nSPS) is 31.3. The lowest BCUT2D eigenvalue weighted by molar-refractivity contribution is -0.184. The van der Waals surface area contributed by atoms with Crippen molar-refractivity contribution < 1.29 is 93.4 Å². The molecule has 3 saturated carbocycles. The highest BCUT2D eigenvalue weighted by atomic mass is 35.5. The molecule has 0 aromatic heterocycles. The number of likely N-dealkylation sites (N-methyl/N-ethyl adjacent to an activating group) is 6. The van der Waals surface area contributed by atoms with E-state index in [9.17, 15) is 50.3 Å². The first kappa shape index (κ1) is 90.4. The second-order valence-electron chi connectivity index (χ2n) is 32.9. The van der Waals surface area contributed by atoms with Crippen molar-refractivity contribution in [2.24, 2.45) is 40.9 Å². The summed E-state index contributed by atoms with van der Waals surface area (Å²) in [4.78, 5) is 194. The quantitative estimate of drug-likeness (QED) is 0.0875. The van der Waals surface area contributed by atoms with E-state index in [1.807, 2.05) is 27.7 Å². The third-order valence-electron chi connectivity index (χ3n) is 24.5. The third-order valence-corrected chi connectivity index (χ3v) is 25.0. The third kappa shape index (κ3) is 21.9. The van der Waals surface area contributed by atoms with Gasteiger partial charge in [0.1, 0.15) is 53.9 Å². The van der Waals surface area contributed by atoms with Gasteiger partial charge in [0.25, 0.3) is 0 Å². The van der Waals surface area contributed by atoms with Crippen LogP contribution in [0.2, 0.25) is 0 Å². The molecule has 622 valence electrons. The van der Waals surface area contributed by atoms with E-state index in [-0.39, 0.29) is 116 Å². The maximum atomic E-state index is 15.9. The maximum absolute atomic E-state index is 15.9. The van der Waals surface area contributed by atoms with Crippen molar-refractivity contribution in [1.29, 1.82) is 0 Å². The number of carbonyl (C=O) groups excluding carboxylic acids is 12. The first-order valence-electron chi connectivity index (χ1n) is 39.5. The van der Waals surface area contributed by atoms with Crippen LogP contribution in [0, 0.1) is 40.9 Å². The number of nitrogens with one attached hydrogen (secondary N) is 3. The van der Waals surface area contributed by atoms with E-state index in [0.29, 0.717) is 45.2 Å². The first-order chi connectivity index (χ1) is 51.6. The molecule has 3 saturated heterocycles. The number of rotatable bonds is 15. The molecule has 7 rings (SSSR count). The number of amides is 12. The molecule has 3 N–H and O–H groups in total. The fourth-order valence-electron chi connectivity index (χ4n) is 17.8. The summed E-state index contributed by atoms with van der Waals surface area (Å²) in [6.07, 6.45) is -5.81. The lowest BCUT2D eigenvalue weighted by atomic mass is 9.58. The molecule has 0 aromatic rings. The van der Waals surface area contributed by atoms with Crippen molar-refractivity contribution >= 4 is 82.5 Å². The van der Waals surface area contributed by atoms with Crippen LogP contribution in [0.25, 0.3) is 0 Å². The number of carbonyl (C=O) groups is 12. The maximum Gasteiger partial charge on any atom is 0.393 e. The van der Waals surface area contributed by atoms with Crippen molar-refractivity contribution in [3.63, 3.8) is 0 Å². The molecule has 0 radical (unpaired) electrons. The molecule has 4 aliphatic heterocycles. The number of nitrogens with zero attached hydrogens (tertiary/aromatic N) is 9. The number of ether oxygens (including phenoxy) is 2. The van der Waals surface area contributed by atoms with E-state index in [1.165, 1.54) is 64.1 Å². The summed E-state index contributed by atoms with van der Waals surface area (Å²) >= 11 is 6.45. The van der Waals surface area contributed by atoms with E-state index in [4.69, 9.17) is 21.1 Å². The molecule has 3 aliphatic carbocycles. The van der Waals surface area contributed by atoms with Crippen LogP contribution in [-0.4, -0.2) is 295 Å². The van der Waals surface area contributed by atoms with Gasteiger partial charge in [-0.1, -0.05) is 73.0 Å². The standard InChI is InChI=1S/C77H121ClF6N12O14/c1-15-46(5)63-71(106)89(9)42-62(99)90(10)55-24-20-19-21-35-95(70(55)105)58(37-48-25-29-50(30-26-48)76(79,80)81)68(103)88(8)41-60(97)85-54(32-28-47-27-31-52(53(78)36-47)77(82,83)84)67(102)96-40-51(110-18-4)38-56(96)66(101)87-75(44-74(6,7)45-75)73(108)93(13)64(49(16-2)17-3)72(107)92(12)57(69(104)94-33-22-23-34-94)39-61(98)91(11)59(43-109-14)65(100)86-63/h19-20,46-59,63-64H,15-18,21-45H2,1-14H3,(H,85,97)(H,86,100)(H,87,101)/b20-19-/t46-,47?,48?,50?,51+,52?,53?,54-,55-,56-,57-,58-,59-,63-,64-/m0/s1. The molecule has 12 amide bonds. The lowest BCUT2D eigenvalue weighted by Crippen LogP contribution is -2.71. The second-order valence-corrected chi connectivity index (χ2v) is 33.4. The van der Waals surface area contributed by atoms with E-state index < -0.39 is 216 Å². The average molecular weight is 1590 g/mol. The van der Waals surface area contributed by atoms with Gasteiger partial charge in [-0.05, 0) is 139 Å². The van der Waals surface area contributed by atoms with Crippen molar-refractivity contribution in [1.82, 2.24) is 60.0 Å². The molecule has 7 aliphatic rings. The number of methoxy groups -OCH3 is 1. The number of halogens is 7. The number of likely N-dealkylation sites (tertiary alicyclic amines) is 1. The summed E-state index contributed by atoms with van der Waals surface area (Å²) in [6, 6.07) is -11.3. The van der Waals surface area contributed by atoms with Crippen molar-refractivity contribution in [3.05, 3.63) is 12.2 Å². The number of alkyl halides is 7. The molecule has 4 heterocycles. The Bertz CT molecular complexity index is 3290. The SMILES string of the molecule is CCO[C@@H]1C[C@H]2C(=O)NC3(CC(C)(C)C3)C(=O)N(C)[C@@H](C(CC)CC)C(=O)N(C)[C@H](C(=O)N3CCCC3)CC(=O)N(C)[C@@H](COC)C(=O)N[C@@H]([C@@H](C)CC)C(=O)N(C)CC(=O)N(C)[C@H]3C/C=C\CCN(C3=O)[C@@H](CC3CCC(C(F)(F)F)CC3)C(=O)N(C)CC(=O)N[C@@H](CCC3CCC(C(F)(F)F)C(Cl)C3)C(=O)N2C1. The minimum Gasteiger partial charge on any atom is -0.382 e. The van der Waals surface area contributed by atoms with E-state index in [0.717, 1.165) is 24.5 Å². The van der Waals surface area contributed by atoms with Crippen LogP contribution in [0.1, 0.15) is 183 Å². The van der Waals surface area contributed by atoms with Crippen LogP contribution in [0.5, 0.6) is 0 Å². The summed E-state index contributed by atoms with van der Waals surface area (Å²) in [7, 11) is 9.38. The molecule has 33 heteroatoms. The van der Waals surface area contributed by atoms with Gasteiger partial charge in [0.05, 0.1) is 44.1 Å². The van der Waals surface area contributed by atoms with Gasteiger partial charge in [0.2, 0.25) is 70.9 Å². The van der Waals surface area contributed by atoms with Gasteiger partial charge in [-0.3, -0.25) is 57.5 Å².